The minimum atomic E-state index is -0.304. The highest BCUT2D eigenvalue weighted by molar-refractivity contribution is 6.36. The first-order valence-corrected chi connectivity index (χ1v) is 6.47. The Morgan fingerprint density at radius 2 is 2.28 bits per heavy atom. The number of benzene rings is 1. The van der Waals surface area contributed by atoms with E-state index >= 15 is 0 Å². The van der Waals surface area contributed by atoms with Crippen molar-refractivity contribution >= 4 is 23.2 Å². The van der Waals surface area contributed by atoms with Crippen LogP contribution in [0.4, 0.5) is 5.69 Å². The molecule has 1 aliphatic rings. The van der Waals surface area contributed by atoms with Gasteiger partial charge in [0.1, 0.15) is 0 Å². The van der Waals surface area contributed by atoms with Gasteiger partial charge in [-0.3, -0.25) is 4.79 Å². The Morgan fingerprint density at radius 1 is 1.50 bits per heavy atom. The normalized spacial score (nSPS) is 23.0. The van der Waals surface area contributed by atoms with Crippen LogP contribution >= 0.6 is 11.6 Å². The van der Waals surface area contributed by atoms with Crippen molar-refractivity contribution in [1.82, 2.24) is 5.32 Å². The van der Waals surface area contributed by atoms with Crippen molar-refractivity contribution in [2.24, 2.45) is 5.92 Å². The molecule has 1 aliphatic carbocycles. The number of hydrogen-bond acceptors (Lipinski definition) is 3. The van der Waals surface area contributed by atoms with Crippen LogP contribution in [0.5, 0.6) is 0 Å². The molecule has 0 aromatic heterocycles. The summed E-state index contributed by atoms with van der Waals surface area (Å²) in [5, 5.41) is 12.8. The predicted octanol–water partition coefficient (Wildman–Crippen LogP) is 1.81. The lowest BCUT2D eigenvalue weighted by Crippen LogP contribution is -2.32. The molecule has 0 radical (unpaired) electrons. The summed E-state index contributed by atoms with van der Waals surface area (Å²) in [7, 11) is 0. The number of rotatable bonds is 3. The Labute approximate surface area is 111 Å². The Kier molecular flexibility index (Phi) is 4.09. The molecule has 0 heterocycles. The van der Waals surface area contributed by atoms with Crippen LogP contribution in [0.1, 0.15) is 29.6 Å². The van der Waals surface area contributed by atoms with E-state index in [1.807, 2.05) is 0 Å². The van der Waals surface area contributed by atoms with E-state index in [9.17, 15) is 9.90 Å². The summed E-state index contributed by atoms with van der Waals surface area (Å²) in [6.45, 7) is 0.477. The zero-order valence-corrected chi connectivity index (χ0v) is 10.8. The monoisotopic (exact) mass is 268 g/mol. The number of amides is 1. The lowest BCUT2D eigenvalue weighted by Gasteiger charge is -2.15. The molecule has 0 spiro atoms. The van der Waals surface area contributed by atoms with Gasteiger partial charge in [-0.2, -0.15) is 0 Å². The summed E-state index contributed by atoms with van der Waals surface area (Å²) in [5.41, 5.74) is 6.42. The molecule has 1 amide bonds. The molecule has 4 N–H and O–H groups in total. The van der Waals surface area contributed by atoms with E-state index in [1.165, 1.54) is 0 Å². The third kappa shape index (κ3) is 2.76. The molecular formula is C13H17ClN2O2. The summed E-state index contributed by atoms with van der Waals surface area (Å²) >= 11 is 5.98. The summed E-state index contributed by atoms with van der Waals surface area (Å²) in [6, 6.07) is 4.99. The zero-order chi connectivity index (χ0) is 13.1. The van der Waals surface area contributed by atoms with Crippen LogP contribution < -0.4 is 11.1 Å². The van der Waals surface area contributed by atoms with E-state index in [4.69, 9.17) is 17.3 Å². The van der Waals surface area contributed by atoms with Gasteiger partial charge in [-0.05, 0) is 25.0 Å². The molecule has 1 aromatic rings. The lowest BCUT2D eigenvalue weighted by molar-refractivity contribution is 0.0917. The zero-order valence-electron chi connectivity index (χ0n) is 10.0. The number of nitrogens with two attached hydrogens (primary N) is 1. The fourth-order valence-corrected chi connectivity index (χ4v) is 2.51. The third-order valence-corrected chi connectivity index (χ3v) is 3.84. The van der Waals surface area contributed by atoms with E-state index in [-0.39, 0.29) is 23.0 Å². The van der Waals surface area contributed by atoms with Crippen LogP contribution in [0.3, 0.4) is 0 Å². The molecule has 0 bridgehead atoms. The average Bonchev–Trinajstić information content (AvgIpc) is 2.75. The summed E-state index contributed by atoms with van der Waals surface area (Å²) in [4.78, 5) is 11.9. The van der Waals surface area contributed by atoms with Gasteiger partial charge < -0.3 is 16.2 Å². The highest BCUT2D eigenvalue weighted by Crippen LogP contribution is 2.26. The summed E-state index contributed by atoms with van der Waals surface area (Å²) < 4.78 is 0. The molecular weight excluding hydrogens is 252 g/mol. The number of aliphatic hydroxyl groups excluding tert-OH is 1. The minimum absolute atomic E-state index is 0.147. The summed E-state index contributed by atoms with van der Waals surface area (Å²) in [5.74, 6) is -0.0971. The number of carbonyl (C=O) groups is 1. The fraction of sp³-hybridized carbons (Fsp3) is 0.462. The number of nitrogen functional groups attached to an aromatic ring is 1. The average molecular weight is 269 g/mol. The molecule has 1 fully saturated rings. The Balaban J connectivity index is 1.97. The fourth-order valence-electron chi connectivity index (χ4n) is 2.30. The predicted molar refractivity (Wildman–Crippen MR) is 71.5 cm³/mol. The lowest BCUT2D eigenvalue weighted by atomic mass is 10.1. The van der Waals surface area contributed by atoms with Crippen LogP contribution in [-0.4, -0.2) is 23.7 Å². The third-order valence-electron chi connectivity index (χ3n) is 3.42. The summed E-state index contributed by atoms with van der Waals surface area (Å²) in [6.07, 6.45) is 2.48. The van der Waals surface area contributed by atoms with Gasteiger partial charge >= 0.3 is 0 Å². The molecule has 18 heavy (non-hydrogen) atoms. The number of carbonyl (C=O) groups excluding carboxylic acids is 1. The topological polar surface area (TPSA) is 75.4 Å². The molecule has 5 heteroatoms. The second kappa shape index (κ2) is 5.59. The van der Waals surface area contributed by atoms with Crippen molar-refractivity contribution in [3.63, 3.8) is 0 Å². The SMILES string of the molecule is Nc1cccc(C(=O)NCC2CCCC2O)c1Cl. The molecule has 2 rings (SSSR count). The maximum Gasteiger partial charge on any atom is 0.252 e. The van der Waals surface area contributed by atoms with Crippen LogP contribution in [0.15, 0.2) is 18.2 Å². The molecule has 98 valence electrons. The van der Waals surface area contributed by atoms with Crippen molar-refractivity contribution in [3.8, 4) is 0 Å². The number of anilines is 1. The smallest absolute Gasteiger partial charge is 0.252 e. The van der Waals surface area contributed by atoms with Crippen LogP contribution in [0.25, 0.3) is 0 Å². The molecule has 2 atom stereocenters. The first-order valence-electron chi connectivity index (χ1n) is 6.10. The molecule has 1 aromatic carbocycles. The maximum atomic E-state index is 11.9. The van der Waals surface area contributed by atoms with Crippen molar-refractivity contribution in [2.45, 2.75) is 25.4 Å². The van der Waals surface area contributed by atoms with Gasteiger partial charge in [0.2, 0.25) is 0 Å². The van der Waals surface area contributed by atoms with Crippen molar-refractivity contribution < 1.29 is 9.90 Å². The Hall–Kier alpha value is -1.26. The van der Waals surface area contributed by atoms with Gasteiger partial charge in [0, 0.05) is 12.5 Å². The van der Waals surface area contributed by atoms with Gasteiger partial charge in [-0.15, -0.1) is 0 Å². The standard InChI is InChI=1S/C13H17ClN2O2/c14-12-9(4-2-5-10(12)15)13(18)16-7-8-3-1-6-11(8)17/h2,4-5,8,11,17H,1,3,6-7,15H2,(H,16,18). The number of nitrogens with one attached hydrogen (secondary N) is 1. The number of aliphatic hydroxyl groups is 1. The van der Waals surface area contributed by atoms with Crippen molar-refractivity contribution in [2.75, 3.05) is 12.3 Å². The molecule has 4 nitrogen and oxygen atoms in total. The van der Waals surface area contributed by atoms with E-state index < -0.39 is 0 Å². The Bertz CT molecular complexity index is 451. The molecule has 1 saturated carbocycles. The Morgan fingerprint density at radius 3 is 2.94 bits per heavy atom. The van der Waals surface area contributed by atoms with E-state index in [1.54, 1.807) is 18.2 Å². The van der Waals surface area contributed by atoms with Crippen LogP contribution in [0, 0.1) is 5.92 Å². The maximum absolute atomic E-state index is 11.9. The highest BCUT2D eigenvalue weighted by Gasteiger charge is 2.25. The van der Waals surface area contributed by atoms with E-state index in [0.717, 1.165) is 19.3 Å². The van der Waals surface area contributed by atoms with Crippen LogP contribution in [-0.2, 0) is 0 Å². The first kappa shape index (κ1) is 13.2. The van der Waals surface area contributed by atoms with Crippen molar-refractivity contribution in [1.29, 1.82) is 0 Å². The van der Waals surface area contributed by atoms with Crippen molar-refractivity contribution in [3.05, 3.63) is 28.8 Å². The van der Waals surface area contributed by atoms with E-state index in [2.05, 4.69) is 5.32 Å². The largest absolute Gasteiger partial charge is 0.398 e. The van der Waals surface area contributed by atoms with Gasteiger partial charge in [0.05, 0.1) is 22.4 Å². The molecule has 2 unspecified atom stereocenters. The minimum Gasteiger partial charge on any atom is -0.398 e. The molecule has 0 saturated heterocycles. The second-order valence-electron chi connectivity index (χ2n) is 4.68. The second-order valence-corrected chi connectivity index (χ2v) is 5.06. The first-order chi connectivity index (χ1) is 8.59. The quantitative estimate of drug-likeness (QED) is 0.732. The van der Waals surface area contributed by atoms with Gasteiger partial charge in [0.25, 0.3) is 5.91 Å². The molecule has 0 aliphatic heterocycles. The number of halogens is 1. The van der Waals surface area contributed by atoms with Gasteiger partial charge in [0.15, 0.2) is 0 Å². The van der Waals surface area contributed by atoms with Gasteiger partial charge in [-0.1, -0.05) is 24.1 Å². The number of hydrogen-bond donors (Lipinski definition) is 3. The van der Waals surface area contributed by atoms with E-state index in [0.29, 0.717) is 17.8 Å². The van der Waals surface area contributed by atoms with Crippen LogP contribution in [0.2, 0.25) is 5.02 Å². The van der Waals surface area contributed by atoms with Gasteiger partial charge in [-0.25, -0.2) is 0 Å². The highest BCUT2D eigenvalue weighted by atomic mass is 35.5.